The number of nitriles is 1. The molecule has 0 aliphatic carbocycles. The van der Waals surface area contributed by atoms with E-state index in [1.165, 1.54) is 13.2 Å². The lowest BCUT2D eigenvalue weighted by Crippen LogP contribution is -2.44. The molecule has 2 aromatic carbocycles. The number of carbonyl (C=O) groups is 2. The molecule has 8 nitrogen and oxygen atoms in total. The number of urea groups is 1. The maximum atomic E-state index is 13.9. The molecular formula is C27H31ClF2N4O4. The highest BCUT2D eigenvalue weighted by molar-refractivity contribution is 5.93. The van der Waals surface area contributed by atoms with Crippen molar-refractivity contribution in [2.45, 2.75) is 37.3 Å². The van der Waals surface area contributed by atoms with Crippen molar-refractivity contribution in [3.05, 3.63) is 70.8 Å². The van der Waals surface area contributed by atoms with Crippen LogP contribution in [0.2, 0.25) is 0 Å². The maximum absolute atomic E-state index is 13.9. The van der Waals surface area contributed by atoms with E-state index >= 15 is 0 Å². The number of halogens is 3. The maximum Gasteiger partial charge on any atom is 0.419 e. The number of carbonyl (C=O) groups excluding carboxylic acids is 2. The second kappa shape index (κ2) is 13.5. The molecule has 2 fully saturated rings. The molecule has 3 amide bonds. The summed E-state index contributed by atoms with van der Waals surface area (Å²) in [4.78, 5) is 28.6. The van der Waals surface area contributed by atoms with Crippen LogP contribution in [0.5, 0.6) is 0 Å². The van der Waals surface area contributed by atoms with Crippen LogP contribution >= 0.6 is 12.4 Å². The van der Waals surface area contributed by atoms with Gasteiger partial charge in [0.1, 0.15) is 6.04 Å². The fourth-order valence-electron chi connectivity index (χ4n) is 5.09. The lowest BCUT2D eigenvalue weighted by molar-refractivity contribution is 0.0584. The molecule has 2 saturated heterocycles. The molecule has 2 aliphatic heterocycles. The zero-order valence-corrected chi connectivity index (χ0v) is 21.9. The van der Waals surface area contributed by atoms with Crippen LogP contribution in [-0.2, 0) is 9.47 Å². The van der Waals surface area contributed by atoms with Gasteiger partial charge in [-0.1, -0.05) is 24.3 Å². The number of likely N-dealkylation sites (tertiary alicyclic amines) is 1. The van der Waals surface area contributed by atoms with Gasteiger partial charge in [-0.3, -0.25) is 0 Å². The standard InChI is InChI=1S/C27H30F2N4O4.ClH/c1-36-17-24-25(19-7-8-22(28)23(29)15-19)33(27(35)37-24)26(34)31-11-4-12-32-13-9-18(10-14-32)21-6-3-2-5-20(21)16-30;/h2-3,5-8,15,18,24-25H,4,9-14,17H2,1H3,(H,31,34);1H/t24-,25-;/m0./s1. The molecule has 2 heterocycles. The molecule has 11 heteroatoms. The van der Waals surface area contributed by atoms with Crippen molar-refractivity contribution >= 4 is 24.5 Å². The van der Waals surface area contributed by atoms with Crippen molar-refractivity contribution < 1.29 is 27.8 Å². The van der Waals surface area contributed by atoms with Gasteiger partial charge >= 0.3 is 12.1 Å². The van der Waals surface area contributed by atoms with Crippen LogP contribution < -0.4 is 5.32 Å². The minimum absolute atomic E-state index is 0. The highest BCUT2D eigenvalue weighted by Crippen LogP contribution is 2.34. The summed E-state index contributed by atoms with van der Waals surface area (Å²) in [5, 5.41) is 12.1. The van der Waals surface area contributed by atoms with Gasteiger partial charge in [0.05, 0.1) is 18.2 Å². The average Bonchev–Trinajstić information content (AvgIpc) is 3.24. The highest BCUT2D eigenvalue weighted by Gasteiger charge is 2.46. The summed E-state index contributed by atoms with van der Waals surface area (Å²) in [6, 6.07) is 11.6. The van der Waals surface area contributed by atoms with Crippen LogP contribution in [0.4, 0.5) is 18.4 Å². The normalized spacial score (nSPS) is 19.9. The van der Waals surface area contributed by atoms with Crippen LogP contribution in [0.25, 0.3) is 0 Å². The van der Waals surface area contributed by atoms with E-state index in [1.807, 2.05) is 24.3 Å². The minimum atomic E-state index is -1.08. The van der Waals surface area contributed by atoms with Crippen LogP contribution in [-0.4, -0.2) is 67.9 Å². The molecule has 2 aromatic rings. The number of nitrogens with one attached hydrogen (secondary N) is 1. The predicted molar refractivity (Wildman–Crippen MR) is 138 cm³/mol. The fraction of sp³-hybridized carbons (Fsp3) is 0.444. The van der Waals surface area contributed by atoms with Gasteiger partial charge in [-0.25, -0.2) is 23.3 Å². The van der Waals surface area contributed by atoms with Crippen LogP contribution in [0.1, 0.15) is 47.9 Å². The van der Waals surface area contributed by atoms with Crippen molar-refractivity contribution in [1.29, 1.82) is 5.26 Å². The Hall–Kier alpha value is -3.26. The molecule has 2 aliphatic rings. The number of amides is 3. The number of rotatable bonds is 8. The van der Waals surface area contributed by atoms with E-state index in [9.17, 15) is 23.6 Å². The summed E-state index contributed by atoms with van der Waals surface area (Å²) in [6.07, 6.45) is 0.878. The van der Waals surface area contributed by atoms with E-state index in [2.05, 4.69) is 16.3 Å². The Morgan fingerprint density at radius 2 is 1.92 bits per heavy atom. The molecule has 38 heavy (non-hydrogen) atoms. The zero-order valence-electron chi connectivity index (χ0n) is 21.1. The predicted octanol–water partition coefficient (Wildman–Crippen LogP) is 4.75. The van der Waals surface area contributed by atoms with Crippen molar-refractivity contribution in [2.75, 3.05) is 39.9 Å². The smallest absolute Gasteiger partial charge is 0.419 e. The molecule has 4 rings (SSSR count). The van der Waals surface area contributed by atoms with Gasteiger partial charge in [0, 0.05) is 13.7 Å². The third-order valence-electron chi connectivity index (χ3n) is 6.95. The van der Waals surface area contributed by atoms with Crippen LogP contribution in [0.3, 0.4) is 0 Å². The summed E-state index contributed by atoms with van der Waals surface area (Å²) in [5.41, 5.74) is 2.08. The summed E-state index contributed by atoms with van der Waals surface area (Å²) < 4.78 is 37.7. The SMILES string of the molecule is COC[C@@H]1OC(=O)N(C(=O)NCCCN2CCC(c3ccccc3C#N)CC2)[C@H]1c1ccc(F)c(F)c1.Cl. The lowest BCUT2D eigenvalue weighted by Gasteiger charge is -2.32. The number of imide groups is 1. The minimum Gasteiger partial charge on any atom is -0.441 e. The Bertz CT molecular complexity index is 1170. The molecule has 0 bridgehead atoms. The van der Waals surface area contributed by atoms with Gasteiger partial charge in [-0.15, -0.1) is 12.4 Å². The van der Waals surface area contributed by atoms with E-state index in [0.717, 1.165) is 60.6 Å². The van der Waals surface area contributed by atoms with E-state index in [-0.39, 0.29) is 24.6 Å². The van der Waals surface area contributed by atoms with E-state index in [1.54, 1.807) is 0 Å². The number of methoxy groups -OCH3 is 1. The van der Waals surface area contributed by atoms with Crippen molar-refractivity contribution in [1.82, 2.24) is 15.1 Å². The zero-order chi connectivity index (χ0) is 26.4. The third kappa shape index (κ3) is 6.59. The topological polar surface area (TPSA) is 94.9 Å². The van der Waals surface area contributed by atoms with E-state index in [0.29, 0.717) is 18.9 Å². The van der Waals surface area contributed by atoms with E-state index in [4.69, 9.17) is 9.47 Å². The highest BCUT2D eigenvalue weighted by atomic mass is 35.5. The Morgan fingerprint density at radius 3 is 2.61 bits per heavy atom. The van der Waals surface area contributed by atoms with Crippen LogP contribution in [0, 0.1) is 23.0 Å². The number of piperidine rings is 1. The molecule has 0 saturated carbocycles. The quantitative estimate of drug-likeness (QED) is 0.479. The monoisotopic (exact) mass is 548 g/mol. The molecule has 204 valence electrons. The molecule has 0 spiro atoms. The first-order chi connectivity index (χ1) is 17.9. The first kappa shape index (κ1) is 29.3. The number of benzene rings is 2. The Labute approximate surface area is 226 Å². The van der Waals surface area contributed by atoms with Gasteiger partial charge in [0.25, 0.3) is 0 Å². The van der Waals surface area contributed by atoms with Gasteiger partial charge in [0.15, 0.2) is 17.7 Å². The van der Waals surface area contributed by atoms with Crippen molar-refractivity contribution in [2.24, 2.45) is 0 Å². The number of ether oxygens (including phenoxy) is 2. The summed E-state index contributed by atoms with van der Waals surface area (Å²) in [6.45, 7) is 2.89. The molecule has 2 atom stereocenters. The van der Waals surface area contributed by atoms with Gasteiger partial charge in [-0.2, -0.15) is 5.26 Å². The Balaban J connectivity index is 0.00000400. The molecule has 1 N–H and O–H groups in total. The Morgan fingerprint density at radius 1 is 1.18 bits per heavy atom. The first-order valence-electron chi connectivity index (χ1n) is 12.4. The van der Waals surface area contributed by atoms with Gasteiger partial charge in [-0.05, 0) is 74.1 Å². The Kier molecular flexibility index (Phi) is 10.4. The lowest BCUT2D eigenvalue weighted by atomic mass is 9.87. The number of cyclic esters (lactones) is 1. The number of nitrogens with zero attached hydrogens (tertiary/aromatic N) is 3. The van der Waals surface area contributed by atoms with E-state index < -0.39 is 35.9 Å². The first-order valence-corrected chi connectivity index (χ1v) is 12.4. The van der Waals surface area contributed by atoms with Gasteiger partial charge in [0.2, 0.25) is 0 Å². The molecule has 0 unspecified atom stereocenters. The summed E-state index contributed by atoms with van der Waals surface area (Å²) in [7, 11) is 1.42. The van der Waals surface area contributed by atoms with Crippen molar-refractivity contribution in [3.8, 4) is 6.07 Å². The third-order valence-corrected chi connectivity index (χ3v) is 6.95. The van der Waals surface area contributed by atoms with Crippen molar-refractivity contribution in [3.63, 3.8) is 0 Å². The average molecular weight is 549 g/mol. The number of hydrogen-bond donors (Lipinski definition) is 1. The van der Waals surface area contributed by atoms with Crippen LogP contribution in [0.15, 0.2) is 42.5 Å². The summed E-state index contributed by atoms with van der Waals surface area (Å²) in [5.74, 6) is -1.74. The second-order valence-corrected chi connectivity index (χ2v) is 9.27. The molecular weight excluding hydrogens is 518 g/mol. The molecule has 0 aromatic heterocycles. The second-order valence-electron chi connectivity index (χ2n) is 9.27. The number of hydrogen-bond acceptors (Lipinski definition) is 6. The molecule has 0 radical (unpaired) electrons. The largest absolute Gasteiger partial charge is 0.441 e. The summed E-state index contributed by atoms with van der Waals surface area (Å²) >= 11 is 0. The fourth-order valence-corrected chi connectivity index (χ4v) is 5.09. The van der Waals surface area contributed by atoms with Gasteiger partial charge < -0.3 is 19.7 Å².